The Morgan fingerprint density at radius 2 is 2.47 bits per heavy atom. The molecule has 2 rings (SSSR count). The maximum absolute atomic E-state index is 5.29. The first-order chi connectivity index (χ1) is 8.33. The van der Waals surface area contributed by atoms with Gasteiger partial charge < -0.3 is 14.6 Å². The Labute approximate surface area is 106 Å². The number of rotatable bonds is 6. The molecule has 1 aliphatic rings. The summed E-state index contributed by atoms with van der Waals surface area (Å²) in [6, 6.07) is 0.150. The molecule has 0 aromatic carbocycles. The lowest BCUT2D eigenvalue weighted by atomic mass is 10.2. The SMILES string of the molecule is CCCSCc1noc(C2CC(OC)CN2)n1. The van der Waals surface area contributed by atoms with E-state index in [9.17, 15) is 0 Å². The van der Waals surface area contributed by atoms with Crippen molar-refractivity contribution < 1.29 is 9.26 Å². The van der Waals surface area contributed by atoms with E-state index < -0.39 is 0 Å². The number of nitrogens with one attached hydrogen (secondary N) is 1. The minimum atomic E-state index is 0.150. The highest BCUT2D eigenvalue weighted by Gasteiger charge is 2.29. The van der Waals surface area contributed by atoms with Gasteiger partial charge in [-0.05, 0) is 18.6 Å². The predicted molar refractivity (Wildman–Crippen MR) is 66.9 cm³/mol. The van der Waals surface area contributed by atoms with Gasteiger partial charge in [-0.25, -0.2) is 0 Å². The van der Waals surface area contributed by atoms with E-state index >= 15 is 0 Å². The van der Waals surface area contributed by atoms with Crippen molar-refractivity contribution in [2.24, 2.45) is 0 Å². The maximum Gasteiger partial charge on any atom is 0.243 e. The quantitative estimate of drug-likeness (QED) is 0.784. The highest BCUT2D eigenvalue weighted by Crippen LogP contribution is 2.23. The second-order valence-electron chi connectivity index (χ2n) is 4.16. The van der Waals surface area contributed by atoms with Crippen LogP contribution in [0.5, 0.6) is 0 Å². The van der Waals surface area contributed by atoms with Gasteiger partial charge in [0.25, 0.3) is 0 Å². The topological polar surface area (TPSA) is 60.2 Å². The molecular formula is C11H19N3O2S. The van der Waals surface area contributed by atoms with Gasteiger partial charge in [0.2, 0.25) is 5.89 Å². The Hall–Kier alpha value is -0.590. The maximum atomic E-state index is 5.29. The number of methoxy groups -OCH3 is 1. The molecule has 0 amide bonds. The third kappa shape index (κ3) is 3.43. The Balaban J connectivity index is 1.85. The zero-order chi connectivity index (χ0) is 12.1. The van der Waals surface area contributed by atoms with E-state index in [0.29, 0.717) is 5.89 Å². The van der Waals surface area contributed by atoms with Crippen molar-refractivity contribution in [2.45, 2.75) is 37.7 Å². The van der Waals surface area contributed by atoms with Crippen LogP contribution < -0.4 is 5.32 Å². The number of nitrogens with zero attached hydrogens (tertiary/aromatic N) is 2. The van der Waals surface area contributed by atoms with E-state index in [2.05, 4.69) is 22.4 Å². The summed E-state index contributed by atoms with van der Waals surface area (Å²) in [7, 11) is 1.73. The molecule has 96 valence electrons. The zero-order valence-corrected chi connectivity index (χ0v) is 11.1. The summed E-state index contributed by atoms with van der Waals surface area (Å²) in [5, 5.41) is 7.32. The van der Waals surface area contributed by atoms with Crippen LogP contribution in [0, 0.1) is 0 Å². The van der Waals surface area contributed by atoms with E-state index in [-0.39, 0.29) is 12.1 Å². The van der Waals surface area contributed by atoms with Crippen LogP contribution in [0.15, 0.2) is 4.52 Å². The molecule has 0 saturated carbocycles. The second-order valence-corrected chi connectivity index (χ2v) is 5.26. The monoisotopic (exact) mass is 257 g/mol. The summed E-state index contributed by atoms with van der Waals surface area (Å²) in [6.07, 6.45) is 2.33. The number of hydrogen-bond donors (Lipinski definition) is 1. The summed E-state index contributed by atoms with van der Waals surface area (Å²) in [6.45, 7) is 3.02. The van der Waals surface area contributed by atoms with Gasteiger partial charge in [0, 0.05) is 13.7 Å². The normalized spacial score (nSPS) is 24.4. The Bertz CT molecular complexity index is 345. The molecule has 1 N–H and O–H groups in total. The number of aromatic nitrogens is 2. The van der Waals surface area contributed by atoms with Gasteiger partial charge in [0.05, 0.1) is 17.9 Å². The van der Waals surface area contributed by atoms with E-state index in [4.69, 9.17) is 9.26 Å². The van der Waals surface area contributed by atoms with E-state index in [1.165, 1.54) is 6.42 Å². The summed E-state index contributed by atoms with van der Waals surface area (Å²) < 4.78 is 10.6. The Morgan fingerprint density at radius 3 is 3.18 bits per heavy atom. The number of hydrogen-bond acceptors (Lipinski definition) is 6. The first-order valence-electron chi connectivity index (χ1n) is 6.00. The minimum absolute atomic E-state index is 0.150. The average Bonchev–Trinajstić information content (AvgIpc) is 2.97. The summed E-state index contributed by atoms with van der Waals surface area (Å²) in [5.74, 6) is 3.45. The molecule has 6 heteroatoms. The summed E-state index contributed by atoms with van der Waals surface area (Å²) in [5.41, 5.74) is 0. The minimum Gasteiger partial charge on any atom is -0.380 e. The number of thioether (sulfide) groups is 1. The molecule has 1 aliphatic heterocycles. The van der Waals surface area contributed by atoms with Crippen LogP contribution in [0.3, 0.4) is 0 Å². The van der Waals surface area contributed by atoms with Gasteiger partial charge in [-0.2, -0.15) is 16.7 Å². The largest absolute Gasteiger partial charge is 0.380 e. The average molecular weight is 257 g/mol. The van der Waals surface area contributed by atoms with Crippen molar-refractivity contribution in [1.29, 1.82) is 0 Å². The molecule has 1 fully saturated rings. The predicted octanol–water partition coefficient (Wildman–Crippen LogP) is 1.76. The standard InChI is InChI=1S/C11H19N3O2S/c1-3-4-17-7-10-13-11(16-14-10)9-5-8(15-2)6-12-9/h8-9,12H,3-7H2,1-2H3. The van der Waals surface area contributed by atoms with Crippen LogP contribution >= 0.6 is 11.8 Å². The fraction of sp³-hybridized carbons (Fsp3) is 0.818. The molecule has 0 radical (unpaired) electrons. The molecule has 1 saturated heterocycles. The van der Waals surface area contributed by atoms with Crippen LogP contribution in [0.2, 0.25) is 0 Å². The molecule has 0 spiro atoms. The van der Waals surface area contributed by atoms with Gasteiger partial charge in [-0.15, -0.1) is 0 Å². The van der Waals surface area contributed by atoms with Crippen molar-refractivity contribution in [3.63, 3.8) is 0 Å². The van der Waals surface area contributed by atoms with Gasteiger partial charge in [0.15, 0.2) is 5.82 Å². The van der Waals surface area contributed by atoms with E-state index in [1.807, 2.05) is 11.8 Å². The summed E-state index contributed by atoms with van der Waals surface area (Å²) >= 11 is 1.84. The van der Waals surface area contributed by atoms with Crippen LogP contribution in [0.25, 0.3) is 0 Å². The Kier molecular flexibility index (Phi) is 4.82. The van der Waals surface area contributed by atoms with Crippen molar-refractivity contribution >= 4 is 11.8 Å². The molecule has 5 nitrogen and oxygen atoms in total. The highest BCUT2D eigenvalue weighted by atomic mass is 32.2. The van der Waals surface area contributed by atoms with Crippen LogP contribution in [-0.4, -0.2) is 35.7 Å². The zero-order valence-electron chi connectivity index (χ0n) is 10.3. The van der Waals surface area contributed by atoms with E-state index in [1.54, 1.807) is 7.11 Å². The molecule has 1 aromatic heterocycles. The third-order valence-electron chi connectivity index (χ3n) is 2.79. The van der Waals surface area contributed by atoms with Crippen molar-refractivity contribution in [2.75, 3.05) is 19.4 Å². The molecular weight excluding hydrogens is 238 g/mol. The first kappa shape index (κ1) is 12.9. The summed E-state index contributed by atoms with van der Waals surface area (Å²) in [4.78, 5) is 4.42. The fourth-order valence-corrected chi connectivity index (χ4v) is 2.58. The molecule has 2 heterocycles. The molecule has 1 aromatic rings. The molecule has 0 bridgehead atoms. The Morgan fingerprint density at radius 1 is 1.59 bits per heavy atom. The van der Waals surface area contributed by atoms with Crippen molar-refractivity contribution in [1.82, 2.24) is 15.5 Å². The fourth-order valence-electron chi connectivity index (χ4n) is 1.85. The van der Waals surface area contributed by atoms with Gasteiger partial charge in [0.1, 0.15) is 0 Å². The van der Waals surface area contributed by atoms with Gasteiger partial charge in [-0.1, -0.05) is 12.1 Å². The van der Waals surface area contributed by atoms with Crippen molar-refractivity contribution in [3.05, 3.63) is 11.7 Å². The lowest BCUT2D eigenvalue weighted by Crippen LogP contribution is -2.16. The smallest absolute Gasteiger partial charge is 0.243 e. The lowest BCUT2D eigenvalue weighted by molar-refractivity contribution is 0.116. The molecule has 0 aliphatic carbocycles. The first-order valence-corrected chi connectivity index (χ1v) is 7.15. The highest BCUT2D eigenvalue weighted by molar-refractivity contribution is 7.98. The van der Waals surface area contributed by atoms with Gasteiger partial charge in [-0.3, -0.25) is 0 Å². The van der Waals surface area contributed by atoms with Gasteiger partial charge >= 0.3 is 0 Å². The molecule has 2 atom stereocenters. The lowest BCUT2D eigenvalue weighted by Gasteiger charge is -2.04. The number of ether oxygens (including phenoxy) is 1. The van der Waals surface area contributed by atoms with Crippen LogP contribution in [0.4, 0.5) is 0 Å². The second kappa shape index (κ2) is 6.37. The van der Waals surface area contributed by atoms with E-state index in [0.717, 1.165) is 30.3 Å². The molecule has 17 heavy (non-hydrogen) atoms. The van der Waals surface area contributed by atoms with Crippen LogP contribution in [0.1, 0.15) is 37.5 Å². The van der Waals surface area contributed by atoms with Crippen molar-refractivity contribution in [3.8, 4) is 0 Å². The third-order valence-corrected chi connectivity index (χ3v) is 3.94. The van der Waals surface area contributed by atoms with Crippen LogP contribution in [-0.2, 0) is 10.5 Å². The molecule has 2 unspecified atom stereocenters.